The van der Waals surface area contributed by atoms with E-state index in [1.54, 1.807) is 16.6 Å². The Hall–Kier alpha value is -2.94. The molecule has 0 spiro atoms. The maximum Gasteiger partial charge on any atom is 0.323 e. The quantitative estimate of drug-likeness (QED) is 0.672. The monoisotopic (exact) mass is 342 g/mol. The van der Waals surface area contributed by atoms with Gasteiger partial charge in [0, 0.05) is 18.5 Å². The third-order valence-corrected chi connectivity index (χ3v) is 4.61. The fourth-order valence-corrected chi connectivity index (χ4v) is 3.43. The minimum Gasteiger partial charge on any atom is -0.345 e. The van der Waals surface area contributed by atoms with Crippen molar-refractivity contribution in [1.29, 1.82) is 0 Å². The minimum absolute atomic E-state index is 0.146. The van der Waals surface area contributed by atoms with Gasteiger partial charge in [0.05, 0.1) is 29.6 Å². The number of amides is 3. The van der Waals surface area contributed by atoms with Crippen LogP contribution < -0.4 is 15.5 Å². The van der Waals surface area contributed by atoms with Gasteiger partial charge in [0.1, 0.15) is 5.52 Å². The summed E-state index contributed by atoms with van der Waals surface area (Å²) in [6, 6.07) is 5.40. The Balaban J connectivity index is 1.46. The van der Waals surface area contributed by atoms with E-state index in [4.69, 9.17) is 0 Å². The van der Waals surface area contributed by atoms with E-state index in [1.165, 1.54) is 11.3 Å². The van der Waals surface area contributed by atoms with Crippen LogP contribution in [0.2, 0.25) is 0 Å². The van der Waals surface area contributed by atoms with Crippen molar-refractivity contribution < 1.29 is 9.59 Å². The summed E-state index contributed by atoms with van der Waals surface area (Å²) in [5.41, 5.74) is 2.89. The van der Waals surface area contributed by atoms with Crippen LogP contribution in [0.25, 0.3) is 11.0 Å². The van der Waals surface area contributed by atoms with Crippen LogP contribution in [0.1, 0.15) is 5.69 Å². The molecule has 3 N–H and O–H groups in total. The number of thiazole rings is 1. The molecule has 0 radical (unpaired) electrons. The predicted molar refractivity (Wildman–Crippen MR) is 91.3 cm³/mol. The van der Waals surface area contributed by atoms with Gasteiger partial charge in [-0.1, -0.05) is 6.07 Å². The summed E-state index contributed by atoms with van der Waals surface area (Å²) in [4.78, 5) is 37.1. The fourth-order valence-electron chi connectivity index (χ4n) is 2.58. The lowest BCUT2D eigenvalue weighted by atomic mass is 10.2. The lowest BCUT2D eigenvalue weighted by molar-refractivity contribution is -0.115. The van der Waals surface area contributed by atoms with E-state index in [2.05, 4.69) is 25.6 Å². The smallest absolute Gasteiger partial charge is 0.323 e. The molecule has 3 aromatic rings. The van der Waals surface area contributed by atoms with Crippen LogP contribution in [0.15, 0.2) is 29.9 Å². The highest BCUT2D eigenvalue weighted by molar-refractivity contribution is 7.14. The van der Waals surface area contributed by atoms with E-state index < -0.39 is 0 Å². The first-order valence-electron chi connectivity index (χ1n) is 7.42. The van der Waals surface area contributed by atoms with Crippen molar-refractivity contribution in [3.05, 3.63) is 35.6 Å². The number of fused-ring (bicyclic) bond motifs is 1. The van der Waals surface area contributed by atoms with Crippen molar-refractivity contribution in [2.75, 3.05) is 23.3 Å². The molecule has 1 saturated heterocycles. The first-order valence-corrected chi connectivity index (χ1v) is 8.30. The zero-order chi connectivity index (χ0) is 16.5. The molecule has 1 aliphatic rings. The molecule has 9 heteroatoms. The number of rotatable bonds is 4. The topological polar surface area (TPSA) is 103 Å². The average molecular weight is 342 g/mol. The van der Waals surface area contributed by atoms with E-state index in [0.717, 1.165) is 11.0 Å². The summed E-state index contributed by atoms with van der Waals surface area (Å²) < 4.78 is 0. The molecule has 3 amide bonds. The number of aromatic amines is 1. The van der Waals surface area contributed by atoms with E-state index in [1.807, 2.05) is 18.2 Å². The Morgan fingerprint density at radius 2 is 2.33 bits per heavy atom. The molecule has 0 aliphatic carbocycles. The van der Waals surface area contributed by atoms with Crippen molar-refractivity contribution in [2.24, 2.45) is 0 Å². The fraction of sp³-hybridized carbons (Fsp3) is 0.200. The number of para-hydroxylation sites is 1. The molecule has 1 aliphatic heterocycles. The molecule has 4 rings (SSSR count). The van der Waals surface area contributed by atoms with E-state index in [-0.39, 0.29) is 18.4 Å². The molecule has 8 nitrogen and oxygen atoms in total. The minimum atomic E-state index is -0.173. The largest absolute Gasteiger partial charge is 0.345 e. The predicted octanol–water partition coefficient (Wildman–Crippen LogP) is 1.73. The van der Waals surface area contributed by atoms with Crippen LogP contribution >= 0.6 is 11.3 Å². The Labute approximate surface area is 140 Å². The van der Waals surface area contributed by atoms with Gasteiger partial charge < -0.3 is 15.6 Å². The molecule has 0 unspecified atom stereocenters. The average Bonchev–Trinajstić information content (AvgIpc) is 3.27. The van der Waals surface area contributed by atoms with Gasteiger partial charge in [-0.3, -0.25) is 9.69 Å². The van der Waals surface area contributed by atoms with Crippen LogP contribution in [0.5, 0.6) is 0 Å². The maximum atomic E-state index is 12.3. The summed E-state index contributed by atoms with van der Waals surface area (Å²) in [6.45, 7) is 1.21. The molecule has 0 bridgehead atoms. The number of nitrogens with one attached hydrogen (secondary N) is 3. The number of H-pyrrole nitrogens is 1. The number of aromatic nitrogens is 3. The summed E-state index contributed by atoms with van der Waals surface area (Å²) in [5.74, 6) is -0.173. The van der Waals surface area contributed by atoms with Gasteiger partial charge in [-0.2, -0.15) is 0 Å². The van der Waals surface area contributed by atoms with Crippen molar-refractivity contribution in [1.82, 2.24) is 20.3 Å². The number of imidazole rings is 1. The van der Waals surface area contributed by atoms with Gasteiger partial charge in [0.2, 0.25) is 5.91 Å². The Morgan fingerprint density at radius 3 is 3.17 bits per heavy atom. The van der Waals surface area contributed by atoms with Gasteiger partial charge in [-0.05, 0) is 12.1 Å². The number of carbonyl (C=O) groups excluding carboxylic acids is 2. The van der Waals surface area contributed by atoms with Gasteiger partial charge in [-0.15, -0.1) is 11.3 Å². The lowest BCUT2D eigenvalue weighted by Gasteiger charge is -2.08. The standard InChI is InChI=1S/C15H14N6O2S/c22-12(20-11-3-1-2-10-13(11)18-8-17-10)6-9-7-24-15(19-9)21-5-4-16-14(21)23/h1-3,7-8H,4-6H2,(H,16,23)(H,17,18)(H,20,22). The number of hydrogen-bond acceptors (Lipinski definition) is 5. The number of urea groups is 1. The molecular formula is C15H14N6O2S. The Bertz CT molecular complexity index is 917. The number of benzene rings is 1. The highest BCUT2D eigenvalue weighted by Gasteiger charge is 2.24. The molecule has 1 aromatic carbocycles. The van der Waals surface area contributed by atoms with Crippen molar-refractivity contribution in [2.45, 2.75) is 6.42 Å². The normalized spacial score (nSPS) is 14.2. The van der Waals surface area contributed by atoms with Crippen molar-refractivity contribution in [3.63, 3.8) is 0 Å². The van der Waals surface area contributed by atoms with Gasteiger partial charge in [0.15, 0.2) is 5.13 Å². The second kappa shape index (κ2) is 5.93. The number of anilines is 2. The van der Waals surface area contributed by atoms with Crippen molar-refractivity contribution >= 4 is 45.1 Å². The Kier molecular flexibility index (Phi) is 3.62. The molecule has 24 heavy (non-hydrogen) atoms. The Morgan fingerprint density at radius 1 is 1.42 bits per heavy atom. The number of nitrogens with zero attached hydrogens (tertiary/aromatic N) is 3. The maximum absolute atomic E-state index is 12.3. The molecule has 0 atom stereocenters. The van der Waals surface area contributed by atoms with E-state index in [0.29, 0.717) is 29.6 Å². The summed E-state index contributed by atoms with van der Waals surface area (Å²) >= 11 is 1.36. The molecule has 3 heterocycles. The third kappa shape index (κ3) is 2.69. The number of hydrogen-bond donors (Lipinski definition) is 3. The number of carbonyl (C=O) groups is 2. The second-order valence-corrected chi connectivity index (χ2v) is 6.17. The van der Waals surface area contributed by atoms with Gasteiger partial charge in [-0.25, -0.2) is 14.8 Å². The highest BCUT2D eigenvalue weighted by Crippen LogP contribution is 2.23. The van der Waals surface area contributed by atoms with E-state index in [9.17, 15) is 9.59 Å². The van der Waals surface area contributed by atoms with Crippen LogP contribution in [0, 0.1) is 0 Å². The summed E-state index contributed by atoms with van der Waals surface area (Å²) in [6.07, 6.45) is 1.74. The van der Waals surface area contributed by atoms with Crippen LogP contribution in [-0.2, 0) is 11.2 Å². The summed E-state index contributed by atoms with van der Waals surface area (Å²) in [5, 5.41) is 8.00. The zero-order valence-corrected chi connectivity index (χ0v) is 13.4. The molecule has 122 valence electrons. The lowest BCUT2D eigenvalue weighted by Crippen LogP contribution is -2.27. The first-order chi connectivity index (χ1) is 11.7. The SMILES string of the molecule is O=C(Cc1csc(N2CCNC2=O)n1)Nc1cccc2[nH]cnc12. The molecule has 2 aromatic heterocycles. The first kappa shape index (κ1) is 14.6. The third-order valence-electron chi connectivity index (χ3n) is 3.69. The van der Waals surface area contributed by atoms with Gasteiger partial charge >= 0.3 is 6.03 Å². The summed E-state index contributed by atoms with van der Waals surface area (Å²) in [7, 11) is 0. The van der Waals surface area contributed by atoms with Crippen LogP contribution in [0.3, 0.4) is 0 Å². The van der Waals surface area contributed by atoms with Crippen molar-refractivity contribution in [3.8, 4) is 0 Å². The second-order valence-electron chi connectivity index (χ2n) is 5.33. The molecular weight excluding hydrogens is 328 g/mol. The highest BCUT2D eigenvalue weighted by atomic mass is 32.1. The zero-order valence-electron chi connectivity index (χ0n) is 12.6. The van der Waals surface area contributed by atoms with Crippen LogP contribution in [0.4, 0.5) is 15.6 Å². The van der Waals surface area contributed by atoms with Gasteiger partial charge in [0.25, 0.3) is 0 Å². The molecule has 0 saturated carbocycles. The van der Waals surface area contributed by atoms with E-state index >= 15 is 0 Å². The van der Waals surface area contributed by atoms with Crippen LogP contribution in [-0.4, -0.2) is 40.0 Å². The molecule has 1 fully saturated rings.